The molecule has 0 bridgehead atoms. The maximum Gasteiger partial charge on any atom is 0.223 e. The van der Waals surface area contributed by atoms with E-state index < -0.39 is 0 Å². The Labute approximate surface area is 158 Å². The molecule has 0 aliphatic carbocycles. The Bertz CT molecular complexity index is 847. The zero-order valence-corrected chi connectivity index (χ0v) is 15.2. The van der Waals surface area contributed by atoms with Gasteiger partial charge in [0, 0.05) is 38.4 Å². The third kappa shape index (κ3) is 3.67. The first kappa shape index (κ1) is 17.6. The van der Waals surface area contributed by atoms with Gasteiger partial charge >= 0.3 is 0 Å². The molecule has 7 nitrogen and oxygen atoms in total. The molecule has 0 radical (unpaired) electrons. The van der Waals surface area contributed by atoms with Gasteiger partial charge < -0.3 is 19.9 Å². The Kier molecular flexibility index (Phi) is 4.83. The van der Waals surface area contributed by atoms with Gasteiger partial charge in [0.1, 0.15) is 5.75 Å². The molecule has 1 aromatic heterocycles. The number of carbonyl (C=O) groups excluding carboxylic acids is 2. The van der Waals surface area contributed by atoms with Crippen LogP contribution in [0.25, 0.3) is 0 Å². The van der Waals surface area contributed by atoms with Crippen LogP contribution < -0.4 is 0 Å². The monoisotopic (exact) mass is 368 g/mol. The molecule has 142 valence electrons. The predicted molar refractivity (Wildman–Crippen MR) is 99.0 cm³/mol. The Hall–Kier alpha value is -2.83. The van der Waals surface area contributed by atoms with Gasteiger partial charge in [-0.25, -0.2) is 4.98 Å². The second kappa shape index (κ2) is 7.42. The lowest BCUT2D eigenvalue weighted by atomic mass is 9.90. The van der Waals surface area contributed by atoms with Gasteiger partial charge in [0.15, 0.2) is 0 Å². The van der Waals surface area contributed by atoms with Crippen LogP contribution >= 0.6 is 0 Å². The highest BCUT2D eigenvalue weighted by Gasteiger charge is 2.31. The van der Waals surface area contributed by atoms with Crippen LogP contribution in [0.15, 0.2) is 30.6 Å². The van der Waals surface area contributed by atoms with Crippen molar-refractivity contribution in [3.8, 4) is 5.75 Å². The van der Waals surface area contributed by atoms with Gasteiger partial charge in [-0.3, -0.25) is 9.59 Å². The summed E-state index contributed by atoms with van der Waals surface area (Å²) in [7, 11) is 0. The fraction of sp³-hybridized carbons (Fsp3) is 0.450. The first-order valence-electron chi connectivity index (χ1n) is 9.48. The summed E-state index contributed by atoms with van der Waals surface area (Å²) >= 11 is 0. The molecule has 3 heterocycles. The van der Waals surface area contributed by atoms with Crippen LogP contribution in [-0.4, -0.2) is 56.3 Å². The summed E-state index contributed by atoms with van der Waals surface area (Å²) < 4.78 is 0. The van der Waals surface area contributed by atoms with Gasteiger partial charge in [-0.15, -0.1) is 0 Å². The molecule has 2 aliphatic heterocycles. The first-order valence-corrected chi connectivity index (χ1v) is 9.48. The number of imidazole rings is 1. The molecule has 1 aromatic carbocycles. The number of phenolic OH excluding ortho intramolecular Hbond substituents is 1. The van der Waals surface area contributed by atoms with E-state index in [0.29, 0.717) is 38.9 Å². The highest BCUT2D eigenvalue weighted by molar-refractivity contribution is 5.78. The van der Waals surface area contributed by atoms with Crippen LogP contribution in [0.4, 0.5) is 0 Å². The Morgan fingerprint density at radius 1 is 1.37 bits per heavy atom. The minimum absolute atomic E-state index is 0.0591. The summed E-state index contributed by atoms with van der Waals surface area (Å²) in [5.41, 5.74) is 2.83. The maximum absolute atomic E-state index is 12.8. The Morgan fingerprint density at radius 3 is 3.04 bits per heavy atom. The van der Waals surface area contributed by atoms with E-state index in [0.717, 1.165) is 29.9 Å². The molecule has 7 heteroatoms. The summed E-state index contributed by atoms with van der Waals surface area (Å²) in [5, 5.41) is 9.82. The molecule has 1 fully saturated rings. The minimum atomic E-state index is -0.0591. The van der Waals surface area contributed by atoms with E-state index >= 15 is 0 Å². The van der Waals surface area contributed by atoms with E-state index in [1.54, 1.807) is 18.5 Å². The number of aromatic amines is 1. The van der Waals surface area contributed by atoms with E-state index in [4.69, 9.17) is 0 Å². The molecular formula is C20H24N4O3. The van der Waals surface area contributed by atoms with Crippen molar-refractivity contribution in [3.05, 3.63) is 47.5 Å². The van der Waals surface area contributed by atoms with Gasteiger partial charge in [0.25, 0.3) is 0 Å². The van der Waals surface area contributed by atoms with Crippen LogP contribution in [0.5, 0.6) is 5.75 Å². The largest absolute Gasteiger partial charge is 0.508 e. The maximum atomic E-state index is 12.8. The van der Waals surface area contributed by atoms with Crippen molar-refractivity contribution in [2.24, 2.45) is 0 Å². The van der Waals surface area contributed by atoms with Crippen molar-refractivity contribution >= 4 is 11.8 Å². The van der Waals surface area contributed by atoms with E-state index in [1.165, 1.54) is 0 Å². The van der Waals surface area contributed by atoms with Gasteiger partial charge in [-0.2, -0.15) is 0 Å². The predicted octanol–water partition coefficient (Wildman–Crippen LogP) is 1.99. The van der Waals surface area contributed by atoms with Crippen molar-refractivity contribution in [2.75, 3.05) is 19.6 Å². The number of nitrogens with one attached hydrogen (secondary N) is 1. The third-order valence-corrected chi connectivity index (χ3v) is 5.45. The number of phenols is 1. The number of aromatic hydroxyl groups is 1. The lowest BCUT2D eigenvalue weighted by Gasteiger charge is -2.32. The van der Waals surface area contributed by atoms with Crippen LogP contribution in [-0.2, 0) is 16.1 Å². The molecule has 1 atom stereocenters. The number of amides is 2. The number of fused-ring (bicyclic) bond motifs is 1. The normalized spacial score (nSPS) is 19.4. The summed E-state index contributed by atoms with van der Waals surface area (Å²) in [6, 6.07) is 7.14. The standard InChI is InChI=1S/C20H24N4O3/c25-15-5-1-4-14(10-15)16-11-24(12-17-20(16)22-13-21-17)19(27)7-3-9-23-8-2-6-18(23)26/h1,4-5,10,13,16,25H,2-3,6-9,11-12H2,(H,21,22). The van der Waals surface area contributed by atoms with E-state index in [1.807, 2.05) is 21.9 Å². The number of benzene rings is 1. The van der Waals surface area contributed by atoms with Crippen molar-refractivity contribution < 1.29 is 14.7 Å². The lowest BCUT2D eigenvalue weighted by molar-refractivity contribution is -0.133. The van der Waals surface area contributed by atoms with Crippen molar-refractivity contribution in [3.63, 3.8) is 0 Å². The number of rotatable bonds is 5. The number of carbonyl (C=O) groups is 2. The molecule has 2 N–H and O–H groups in total. The number of hydrogen-bond donors (Lipinski definition) is 2. The van der Waals surface area contributed by atoms with E-state index in [-0.39, 0.29) is 23.5 Å². The Morgan fingerprint density at radius 2 is 2.26 bits per heavy atom. The number of nitrogens with zero attached hydrogens (tertiary/aromatic N) is 3. The minimum Gasteiger partial charge on any atom is -0.508 e. The SMILES string of the molecule is O=C1CCCN1CCCC(=O)N1Cc2[nH]cnc2C(c2cccc(O)c2)C1. The topological polar surface area (TPSA) is 89.5 Å². The highest BCUT2D eigenvalue weighted by atomic mass is 16.3. The molecule has 4 rings (SSSR count). The van der Waals surface area contributed by atoms with Gasteiger partial charge in [-0.05, 0) is 30.5 Å². The average Bonchev–Trinajstić information content (AvgIpc) is 3.29. The van der Waals surface area contributed by atoms with Crippen LogP contribution in [0.2, 0.25) is 0 Å². The number of aromatic nitrogens is 2. The summed E-state index contributed by atoms with van der Waals surface area (Å²) in [6.45, 7) is 2.53. The zero-order valence-electron chi connectivity index (χ0n) is 15.2. The van der Waals surface area contributed by atoms with E-state index in [9.17, 15) is 14.7 Å². The summed E-state index contributed by atoms with van der Waals surface area (Å²) in [5.74, 6) is 0.443. The van der Waals surface area contributed by atoms with Crippen molar-refractivity contribution in [1.29, 1.82) is 0 Å². The molecule has 0 spiro atoms. The van der Waals surface area contributed by atoms with Crippen LogP contribution in [0.1, 0.15) is 48.6 Å². The molecule has 1 unspecified atom stereocenters. The molecule has 27 heavy (non-hydrogen) atoms. The quantitative estimate of drug-likeness (QED) is 0.845. The third-order valence-electron chi connectivity index (χ3n) is 5.45. The second-order valence-corrected chi connectivity index (χ2v) is 7.28. The second-order valence-electron chi connectivity index (χ2n) is 7.28. The van der Waals surface area contributed by atoms with Crippen LogP contribution in [0, 0.1) is 0 Å². The van der Waals surface area contributed by atoms with Gasteiger partial charge in [-0.1, -0.05) is 12.1 Å². The lowest BCUT2D eigenvalue weighted by Crippen LogP contribution is -2.39. The molecule has 2 amide bonds. The van der Waals surface area contributed by atoms with Gasteiger partial charge in [0.05, 0.1) is 24.3 Å². The van der Waals surface area contributed by atoms with Crippen molar-refractivity contribution in [2.45, 2.75) is 38.1 Å². The molecule has 0 saturated carbocycles. The first-order chi connectivity index (χ1) is 13.1. The van der Waals surface area contributed by atoms with E-state index in [2.05, 4.69) is 9.97 Å². The van der Waals surface area contributed by atoms with Crippen molar-refractivity contribution in [1.82, 2.24) is 19.8 Å². The zero-order chi connectivity index (χ0) is 18.8. The molecule has 2 aromatic rings. The average molecular weight is 368 g/mol. The number of hydrogen-bond acceptors (Lipinski definition) is 4. The molecule has 1 saturated heterocycles. The fourth-order valence-corrected chi connectivity index (χ4v) is 4.04. The number of H-pyrrole nitrogens is 1. The van der Waals surface area contributed by atoms with Crippen LogP contribution in [0.3, 0.4) is 0 Å². The summed E-state index contributed by atoms with van der Waals surface area (Å²) in [4.78, 5) is 35.7. The smallest absolute Gasteiger partial charge is 0.223 e. The van der Waals surface area contributed by atoms with Gasteiger partial charge in [0.2, 0.25) is 11.8 Å². The number of likely N-dealkylation sites (tertiary alicyclic amines) is 1. The highest BCUT2D eigenvalue weighted by Crippen LogP contribution is 2.33. The summed E-state index contributed by atoms with van der Waals surface area (Å²) in [6.07, 6.45) is 4.34. The fourth-order valence-electron chi connectivity index (χ4n) is 4.04. The molecule has 2 aliphatic rings. The Balaban J connectivity index is 1.43. The molecular weight excluding hydrogens is 344 g/mol.